The molecule has 3 heteroatoms. The number of rotatable bonds is 8. The number of Topliss-reactive ketones (excluding diaryl/α,β-unsaturated/α-hetero) is 1. The molecule has 2 rings (SSSR count). The topological polar surface area (TPSA) is 46.5 Å². The zero-order chi connectivity index (χ0) is 14.9. The van der Waals surface area contributed by atoms with Gasteiger partial charge in [-0.15, -0.1) is 0 Å². The van der Waals surface area contributed by atoms with E-state index in [0.29, 0.717) is 25.0 Å². The van der Waals surface area contributed by atoms with Gasteiger partial charge in [0.25, 0.3) is 0 Å². The fraction of sp³-hybridized carbons (Fsp3) is 0.278. The lowest BCUT2D eigenvalue weighted by atomic mass is 10.00. The third kappa shape index (κ3) is 4.81. The lowest BCUT2D eigenvalue weighted by molar-refractivity contribution is 0.0364. The van der Waals surface area contributed by atoms with Crippen molar-refractivity contribution < 1.29 is 14.6 Å². The first-order valence-corrected chi connectivity index (χ1v) is 7.17. The summed E-state index contributed by atoms with van der Waals surface area (Å²) in [6, 6.07) is 19.0. The molecule has 0 saturated heterocycles. The molecule has 0 aliphatic rings. The van der Waals surface area contributed by atoms with E-state index in [-0.39, 0.29) is 18.5 Å². The lowest BCUT2D eigenvalue weighted by Crippen LogP contribution is -2.12. The number of hydrogen-bond donors (Lipinski definition) is 1. The minimum absolute atomic E-state index is 0.0634. The zero-order valence-electron chi connectivity index (χ0n) is 11.9. The maximum atomic E-state index is 12.3. The molecule has 0 heterocycles. The Kier molecular flexibility index (Phi) is 6.13. The predicted molar refractivity (Wildman–Crippen MR) is 82.2 cm³/mol. The van der Waals surface area contributed by atoms with Crippen molar-refractivity contribution in [3.05, 3.63) is 71.8 Å². The zero-order valence-corrected chi connectivity index (χ0v) is 11.9. The van der Waals surface area contributed by atoms with Crippen LogP contribution in [0.15, 0.2) is 60.7 Å². The fourth-order valence-corrected chi connectivity index (χ4v) is 2.14. The lowest BCUT2D eigenvalue weighted by Gasteiger charge is -2.17. The van der Waals surface area contributed by atoms with Gasteiger partial charge in [-0.25, -0.2) is 0 Å². The summed E-state index contributed by atoms with van der Waals surface area (Å²) in [5, 5.41) is 8.86. The average molecular weight is 284 g/mol. The number of ether oxygens (including phenoxy) is 1. The van der Waals surface area contributed by atoms with Crippen LogP contribution in [0.25, 0.3) is 0 Å². The molecule has 0 saturated carbocycles. The molecule has 2 aromatic carbocycles. The van der Waals surface area contributed by atoms with Gasteiger partial charge < -0.3 is 9.84 Å². The van der Waals surface area contributed by atoms with Crippen LogP contribution in [0.5, 0.6) is 0 Å². The van der Waals surface area contributed by atoms with Crippen LogP contribution in [0, 0.1) is 0 Å². The Bertz CT molecular complexity index is 537. The summed E-state index contributed by atoms with van der Waals surface area (Å²) in [5.74, 6) is 0.0634. The molecule has 0 aliphatic carbocycles. The van der Waals surface area contributed by atoms with E-state index in [4.69, 9.17) is 9.84 Å². The Hall–Kier alpha value is -1.97. The first-order chi connectivity index (χ1) is 10.3. The molecule has 110 valence electrons. The molecular weight excluding hydrogens is 264 g/mol. The molecule has 0 aliphatic heterocycles. The van der Waals surface area contributed by atoms with Gasteiger partial charge in [-0.3, -0.25) is 4.79 Å². The molecule has 0 radical (unpaired) electrons. The minimum Gasteiger partial charge on any atom is -0.396 e. The second kappa shape index (κ2) is 8.35. The normalized spacial score (nSPS) is 12.0. The van der Waals surface area contributed by atoms with Gasteiger partial charge in [0.15, 0.2) is 5.78 Å². The van der Waals surface area contributed by atoms with E-state index in [9.17, 15) is 4.79 Å². The highest BCUT2D eigenvalue weighted by Gasteiger charge is 2.17. The Morgan fingerprint density at radius 2 is 1.62 bits per heavy atom. The maximum Gasteiger partial charge on any atom is 0.165 e. The van der Waals surface area contributed by atoms with Gasteiger partial charge in [-0.05, 0) is 12.0 Å². The van der Waals surface area contributed by atoms with Crippen molar-refractivity contribution in [2.75, 3.05) is 13.2 Å². The van der Waals surface area contributed by atoms with Gasteiger partial charge in [-0.2, -0.15) is 0 Å². The van der Waals surface area contributed by atoms with Crippen molar-refractivity contribution in [1.29, 1.82) is 0 Å². The number of carbonyl (C=O) groups is 1. The molecule has 0 amide bonds. The van der Waals surface area contributed by atoms with Crippen molar-refractivity contribution in [3.8, 4) is 0 Å². The molecule has 0 aromatic heterocycles. The van der Waals surface area contributed by atoms with Crippen LogP contribution in [0.2, 0.25) is 0 Å². The van der Waals surface area contributed by atoms with E-state index in [1.165, 1.54) is 0 Å². The first kappa shape index (κ1) is 15.4. The van der Waals surface area contributed by atoms with Crippen molar-refractivity contribution >= 4 is 5.78 Å². The quantitative estimate of drug-likeness (QED) is 0.597. The van der Waals surface area contributed by atoms with E-state index >= 15 is 0 Å². The van der Waals surface area contributed by atoms with E-state index in [1.54, 1.807) is 0 Å². The Labute approximate surface area is 125 Å². The average Bonchev–Trinajstić information content (AvgIpc) is 2.55. The summed E-state index contributed by atoms with van der Waals surface area (Å²) in [5.41, 5.74) is 1.68. The molecule has 3 nitrogen and oxygen atoms in total. The van der Waals surface area contributed by atoms with E-state index in [1.807, 2.05) is 60.7 Å². The monoisotopic (exact) mass is 284 g/mol. The van der Waals surface area contributed by atoms with Gasteiger partial charge in [0.1, 0.15) is 0 Å². The van der Waals surface area contributed by atoms with Gasteiger partial charge >= 0.3 is 0 Å². The maximum absolute atomic E-state index is 12.3. The van der Waals surface area contributed by atoms with Crippen LogP contribution in [-0.2, 0) is 4.74 Å². The van der Waals surface area contributed by atoms with E-state index in [0.717, 1.165) is 5.56 Å². The van der Waals surface area contributed by atoms with E-state index in [2.05, 4.69) is 0 Å². The van der Waals surface area contributed by atoms with Gasteiger partial charge in [0.2, 0.25) is 0 Å². The Morgan fingerprint density at radius 3 is 2.24 bits per heavy atom. The number of carbonyl (C=O) groups excluding carboxylic acids is 1. The number of benzene rings is 2. The smallest absolute Gasteiger partial charge is 0.165 e. The van der Waals surface area contributed by atoms with Crippen molar-refractivity contribution in [2.45, 2.75) is 18.9 Å². The molecule has 0 fully saturated rings. The highest BCUT2D eigenvalue weighted by atomic mass is 16.5. The molecule has 0 spiro atoms. The largest absolute Gasteiger partial charge is 0.396 e. The molecule has 0 bridgehead atoms. The number of hydrogen-bond acceptors (Lipinski definition) is 3. The SMILES string of the molecule is O=C(CC(OCCCO)c1ccccc1)c1ccccc1. The van der Waals surface area contributed by atoms with Gasteiger partial charge in [0.05, 0.1) is 6.10 Å². The third-order valence-electron chi connectivity index (χ3n) is 3.26. The summed E-state index contributed by atoms with van der Waals surface area (Å²) in [4.78, 5) is 12.3. The molecule has 21 heavy (non-hydrogen) atoms. The second-order valence-electron chi connectivity index (χ2n) is 4.84. The van der Waals surface area contributed by atoms with Crippen molar-refractivity contribution in [1.82, 2.24) is 0 Å². The number of aliphatic hydroxyl groups is 1. The standard InChI is InChI=1S/C18H20O3/c19-12-7-13-21-18(16-10-5-2-6-11-16)14-17(20)15-8-3-1-4-9-15/h1-6,8-11,18-19H,7,12-14H2. The van der Waals surface area contributed by atoms with Gasteiger partial charge in [-0.1, -0.05) is 60.7 Å². The van der Waals surface area contributed by atoms with E-state index < -0.39 is 0 Å². The van der Waals surface area contributed by atoms with Crippen LogP contribution < -0.4 is 0 Å². The molecule has 1 unspecified atom stereocenters. The third-order valence-corrected chi connectivity index (χ3v) is 3.26. The summed E-state index contributed by atoms with van der Waals surface area (Å²) in [6.07, 6.45) is 0.605. The fourth-order valence-electron chi connectivity index (χ4n) is 2.14. The number of ketones is 1. The van der Waals surface area contributed by atoms with Crippen molar-refractivity contribution in [2.24, 2.45) is 0 Å². The van der Waals surface area contributed by atoms with Crippen LogP contribution in [-0.4, -0.2) is 24.1 Å². The first-order valence-electron chi connectivity index (χ1n) is 7.17. The minimum atomic E-state index is -0.273. The molecule has 1 N–H and O–H groups in total. The van der Waals surface area contributed by atoms with Crippen LogP contribution >= 0.6 is 0 Å². The van der Waals surface area contributed by atoms with Crippen LogP contribution in [0.1, 0.15) is 34.9 Å². The van der Waals surface area contributed by atoms with Crippen LogP contribution in [0.3, 0.4) is 0 Å². The molecular formula is C18H20O3. The highest BCUT2D eigenvalue weighted by molar-refractivity contribution is 5.96. The Morgan fingerprint density at radius 1 is 1.00 bits per heavy atom. The summed E-state index contributed by atoms with van der Waals surface area (Å²) in [7, 11) is 0. The van der Waals surface area contributed by atoms with Crippen LogP contribution in [0.4, 0.5) is 0 Å². The predicted octanol–water partition coefficient (Wildman–Crippen LogP) is 3.40. The summed E-state index contributed by atoms with van der Waals surface area (Å²) in [6.45, 7) is 0.534. The summed E-state index contributed by atoms with van der Waals surface area (Å²) < 4.78 is 5.78. The van der Waals surface area contributed by atoms with Gasteiger partial charge in [0, 0.05) is 25.2 Å². The second-order valence-corrected chi connectivity index (χ2v) is 4.84. The highest BCUT2D eigenvalue weighted by Crippen LogP contribution is 2.23. The molecule has 1 atom stereocenters. The summed E-state index contributed by atoms with van der Waals surface area (Å²) >= 11 is 0. The van der Waals surface area contributed by atoms with Crippen molar-refractivity contribution in [3.63, 3.8) is 0 Å². The Balaban J connectivity index is 2.07. The number of aliphatic hydroxyl groups excluding tert-OH is 1. The molecule has 2 aromatic rings.